The Kier molecular flexibility index (Phi) is 4.47. The molecule has 1 aliphatic rings. The number of nitrogens with one attached hydrogen (secondary N) is 1. The van der Waals surface area contributed by atoms with Crippen molar-refractivity contribution in [2.45, 2.75) is 32.0 Å². The molecule has 1 saturated heterocycles. The van der Waals surface area contributed by atoms with E-state index in [-0.39, 0.29) is 12.1 Å². The summed E-state index contributed by atoms with van der Waals surface area (Å²) in [7, 11) is 0. The van der Waals surface area contributed by atoms with Gasteiger partial charge in [0.25, 0.3) is 0 Å². The lowest BCUT2D eigenvalue weighted by Crippen LogP contribution is -2.29. The molecule has 1 fully saturated rings. The standard InChI is InChI=1S/C21H22N4S/c1-15(2)24-13-11-16(14-24)20-19(18-10-6-7-12-22-18)23-21(26)25(20)17-8-4-3-5-9-17/h3-15,19-20H,1-2H3,(H,23,26)/t19-,20+/m0/s1. The van der Waals surface area contributed by atoms with Crippen molar-refractivity contribution >= 4 is 23.0 Å². The smallest absolute Gasteiger partial charge is 0.174 e. The summed E-state index contributed by atoms with van der Waals surface area (Å²) in [5.74, 6) is 0. The molecule has 3 heterocycles. The second kappa shape index (κ2) is 6.92. The van der Waals surface area contributed by atoms with Crippen molar-refractivity contribution < 1.29 is 0 Å². The summed E-state index contributed by atoms with van der Waals surface area (Å²) >= 11 is 5.72. The SMILES string of the molecule is CC(C)n1ccc([C@@H]2[C@H](c3ccccn3)NC(=S)N2c2ccccc2)c1. The minimum absolute atomic E-state index is 0.00641. The van der Waals surface area contributed by atoms with Crippen LogP contribution in [0.2, 0.25) is 0 Å². The van der Waals surface area contributed by atoms with Crippen LogP contribution in [0.1, 0.15) is 43.2 Å². The van der Waals surface area contributed by atoms with E-state index in [1.807, 2.05) is 36.5 Å². The number of thiocarbonyl (C=S) groups is 1. The van der Waals surface area contributed by atoms with E-state index in [0.29, 0.717) is 6.04 Å². The molecule has 0 radical (unpaired) electrons. The van der Waals surface area contributed by atoms with Gasteiger partial charge >= 0.3 is 0 Å². The van der Waals surface area contributed by atoms with E-state index >= 15 is 0 Å². The first-order valence-corrected chi connectivity index (χ1v) is 9.29. The van der Waals surface area contributed by atoms with Crippen LogP contribution in [-0.2, 0) is 0 Å². The average Bonchev–Trinajstić information content (AvgIpc) is 3.28. The molecule has 3 aromatic rings. The van der Waals surface area contributed by atoms with Crippen LogP contribution in [0.5, 0.6) is 0 Å². The first-order chi connectivity index (χ1) is 12.6. The maximum atomic E-state index is 5.72. The quantitative estimate of drug-likeness (QED) is 0.686. The molecule has 0 spiro atoms. The summed E-state index contributed by atoms with van der Waals surface area (Å²) < 4.78 is 2.23. The fraction of sp³-hybridized carbons (Fsp3) is 0.238. The molecule has 1 N–H and O–H groups in total. The van der Waals surface area contributed by atoms with Gasteiger partial charge in [0.05, 0.1) is 17.8 Å². The molecule has 4 rings (SSSR count). The summed E-state index contributed by atoms with van der Waals surface area (Å²) in [6, 6.07) is 19.0. The molecular formula is C21H22N4S. The Balaban J connectivity index is 1.81. The lowest BCUT2D eigenvalue weighted by molar-refractivity contribution is 0.560. The lowest BCUT2D eigenvalue weighted by Gasteiger charge is -2.27. The van der Waals surface area contributed by atoms with Gasteiger partial charge in [-0.05, 0) is 62.0 Å². The highest BCUT2D eigenvalue weighted by molar-refractivity contribution is 7.80. The van der Waals surface area contributed by atoms with Crippen LogP contribution in [0.4, 0.5) is 5.69 Å². The molecule has 0 amide bonds. The molecule has 132 valence electrons. The van der Waals surface area contributed by atoms with Crippen LogP contribution in [0.25, 0.3) is 0 Å². The van der Waals surface area contributed by atoms with Crippen molar-refractivity contribution in [3.63, 3.8) is 0 Å². The molecule has 0 unspecified atom stereocenters. The van der Waals surface area contributed by atoms with Crippen molar-refractivity contribution in [3.05, 3.63) is 84.4 Å². The van der Waals surface area contributed by atoms with E-state index in [1.165, 1.54) is 5.56 Å². The monoisotopic (exact) mass is 362 g/mol. The fourth-order valence-electron chi connectivity index (χ4n) is 3.49. The highest BCUT2D eigenvalue weighted by Gasteiger charge is 2.40. The number of benzene rings is 1. The molecule has 26 heavy (non-hydrogen) atoms. The van der Waals surface area contributed by atoms with Gasteiger partial charge in [0.2, 0.25) is 0 Å². The van der Waals surface area contributed by atoms with Crippen LogP contribution in [0, 0.1) is 0 Å². The minimum atomic E-state index is 0.00641. The molecule has 1 aromatic carbocycles. The summed E-state index contributed by atoms with van der Waals surface area (Å²) in [6.45, 7) is 4.37. The predicted octanol–water partition coefficient (Wildman–Crippen LogP) is 4.64. The number of aromatic nitrogens is 2. The van der Waals surface area contributed by atoms with E-state index in [2.05, 4.69) is 70.3 Å². The van der Waals surface area contributed by atoms with Gasteiger partial charge in [0.15, 0.2) is 5.11 Å². The summed E-state index contributed by atoms with van der Waals surface area (Å²) in [6.07, 6.45) is 6.19. The largest absolute Gasteiger partial charge is 0.351 e. The van der Waals surface area contributed by atoms with Gasteiger partial charge < -0.3 is 14.8 Å². The Morgan fingerprint density at radius 1 is 1.04 bits per heavy atom. The number of rotatable bonds is 4. The number of pyridine rings is 1. The van der Waals surface area contributed by atoms with Crippen LogP contribution < -0.4 is 10.2 Å². The Morgan fingerprint density at radius 2 is 1.81 bits per heavy atom. The molecule has 0 bridgehead atoms. The number of anilines is 1. The van der Waals surface area contributed by atoms with E-state index in [0.717, 1.165) is 16.5 Å². The van der Waals surface area contributed by atoms with Gasteiger partial charge in [-0.25, -0.2) is 0 Å². The highest BCUT2D eigenvalue weighted by Crippen LogP contribution is 2.41. The molecule has 0 saturated carbocycles. The predicted molar refractivity (Wildman–Crippen MR) is 109 cm³/mol. The zero-order valence-electron chi connectivity index (χ0n) is 14.9. The topological polar surface area (TPSA) is 33.1 Å². The third-order valence-corrected chi connectivity index (χ3v) is 5.12. The first-order valence-electron chi connectivity index (χ1n) is 8.88. The van der Waals surface area contributed by atoms with Crippen LogP contribution in [-0.4, -0.2) is 14.7 Å². The Morgan fingerprint density at radius 3 is 2.46 bits per heavy atom. The summed E-state index contributed by atoms with van der Waals surface area (Å²) in [4.78, 5) is 6.79. The van der Waals surface area contributed by atoms with Crippen LogP contribution in [0.15, 0.2) is 73.2 Å². The highest BCUT2D eigenvalue weighted by atomic mass is 32.1. The zero-order valence-corrected chi connectivity index (χ0v) is 15.7. The van der Waals surface area contributed by atoms with Gasteiger partial charge in [-0.1, -0.05) is 24.3 Å². The molecule has 2 atom stereocenters. The Bertz CT molecular complexity index is 889. The Labute approximate surface area is 159 Å². The van der Waals surface area contributed by atoms with E-state index in [9.17, 15) is 0 Å². The summed E-state index contributed by atoms with van der Waals surface area (Å²) in [5, 5.41) is 4.22. The van der Waals surface area contributed by atoms with Crippen LogP contribution >= 0.6 is 12.2 Å². The van der Waals surface area contributed by atoms with Crippen molar-refractivity contribution in [1.82, 2.24) is 14.9 Å². The summed E-state index contributed by atoms with van der Waals surface area (Å²) in [5.41, 5.74) is 3.31. The van der Waals surface area contributed by atoms with Gasteiger partial charge in [-0.2, -0.15) is 0 Å². The number of para-hydroxylation sites is 1. The molecule has 0 aliphatic carbocycles. The van der Waals surface area contributed by atoms with Crippen molar-refractivity contribution in [1.29, 1.82) is 0 Å². The number of nitrogens with zero attached hydrogens (tertiary/aromatic N) is 3. The van der Waals surface area contributed by atoms with E-state index in [4.69, 9.17) is 12.2 Å². The minimum Gasteiger partial charge on any atom is -0.351 e. The normalized spacial score (nSPS) is 19.8. The van der Waals surface area contributed by atoms with Crippen molar-refractivity contribution in [3.8, 4) is 0 Å². The van der Waals surface area contributed by atoms with Crippen molar-refractivity contribution in [2.24, 2.45) is 0 Å². The molecule has 1 aliphatic heterocycles. The van der Waals surface area contributed by atoms with Gasteiger partial charge in [0.1, 0.15) is 0 Å². The number of hydrogen-bond donors (Lipinski definition) is 1. The number of hydrogen-bond acceptors (Lipinski definition) is 2. The maximum Gasteiger partial charge on any atom is 0.174 e. The fourth-order valence-corrected chi connectivity index (χ4v) is 3.83. The van der Waals surface area contributed by atoms with Crippen molar-refractivity contribution in [2.75, 3.05) is 4.90 Å². The molecule has 5 heteroatoms. The molecule has 2 aromatic heterocycles. The molecular weight excluding hydrogens is 340 g/mol. The lowest BCUT2D eigenvalue weighted by atomic mass is 9.98. The Hall–Kier alpha value is -2.66. The van der Waals surface area contributed by atoms with Gasteiger partial charge in [-0.15, -0.1) is 0 Å². The van der Waals surface area contributed by atoms with Gasteiger partial charge in [-0.3, -0.25) is 4.98 Å². The second-order valence-corrected chi connectivity index (χ2v) is 7.20. The second-order valence-electron chi connectivity index (χ2n) is 6.82. The third-order valence-electron chi connectivity index (χ3n) is 4.81. The first kappa shape index (κ1) is 16.8. The van der Waals surface area contributed by atoms with Crippen LogP contribution in [0.3, 0.4) is 0 Å². The van der Waals surface area contributed by atoms with E-state index < -0.39 is 0 Å². The average molecular weight is 363 g/mol. The zero-order chi connectivity index (χ0) is 18.1. The third kappa shape index (κ3) is 2.99. The maximum absolute atomic E-state index is 5.72. The van der Waals surface area contributed by atoms with E-state index in [1.54, 1.807) is 0 Å². The van der Waals surface area contributed by atoms with Gasteiger partial charge in [0, 0.05) is 30.3 Å². The molecule has 4 nitrogen and oxygen atoms in total.